The first-order valence-corrected chi connectivity index (χ1v) is 5.80. The molecule has 0 spiro atoms. The van der Waals surface area contributed by atoms with Gasteiger partial charge in [-0.3, -0.25) is 9.59 Å². The Morgan fingerprint density at radius 1 is 1.28 bits per heavy atom. The van der Waals surface area contributed by atoms with E-state index in [1.165, 1.54) is 19.9 Å². The summed E-state index contributed by atoms with van der Waals surface area (Å²) < 4.78 is 0. The minimum atomic E-state index is -1.04. The molecular formula is C10H11Cl2N3O3. The van der Waals surface area contributed by atoms with Crippen LogP contribution in [0.5, 0.6) is 0 Å². The molecule has 98 valence electrons. The van der Waals surface area contributed by atoms with Crippen molar-refractivity contribution in [2.75, 3.05) is 5.32 Å². The molecular weight excluding hydrogens is 281 g/mol. The molecule has 0 aliphatic carbocycles. The first-order chi connectivity index (χ1) is 8.31. The van der Waals surface area contributed by atoms with Crippen LogP contribution >= 0.6 is 23.2 Å². The van der Waals surface area contributed by atoms with Gasteiger partial charge in [-0.15, -0.1) is 0 Å². The maximum atomic E-state index is 11.8. The predicted octanol–water partition coefficient (Wildman–Crippen LogP) is 2.08. The number of rotatable bonds is 4. The van der Waals surface area contributed by atoms with Crippen LogP contribution in [0.3, 0.4) is 0 Å². The van der Waals surface area contributed by atoms with Gasteiger partial charge in [-0.25, -0.2) is 9.97 Å². The lowest BCUT2D eigenvalue weighted by molar-refractivity contribution is -0.145. The van der Waals surface area contributed by atoms with Crippen molar-refractivity contribution in [3.05, 3.63) is 16.5 Å². The van der Waals surface area contributed by atoms with Crippen LogP contribution in [0.1, 0.15) is 13.8 Å². The second-order valence-electron chi connectivity index (χ2n) is 3.75. The maximum absolute atomic E-state index is 11.8. The van der Waals surface area contributed by atoms with Crippen molar-refractivity contribution in [2.45, 2.75) is 13.8 Å². The van der Waals surface area contributed by atoms with Crippen LogP contribution in [0.25, 0.3) is 0 Å². The van der Waals surface area contributed by atoms with Gasteiger partial charge in [0.25, 0.3) is 0 Å². The number of aliphatic carboxylic acids is 1. The summed E-state index contributed by atoms with van der Waals surface area (Å²) in [4.78, 5) is 29.9. The van der Waals surface area contributed by atoms with Gasteiger partial charge in [0.05, 0.1) is 5.92 Å². The molecule has 1 heterocycles. The van der Waals surface area contributed by atoms with Gasteiger partial charge in [0.2, 0.25) is 11.2 Å². The number of aromatic nitrogens is 2. The summed E-state index contributed by atoms with van der Waals surface area (Å²) >= 11 is 11.2. The molecule has 2 N–H and O–H groups in total. The van der Waals surface area contributed by atoms with Crippen molar-refractivity contribution < 1.29 is 14.7 Å². The van der Waals surface area contributed by atoms with Crippen LogP contribution in [0.2, 0.25) is 10.4 Å². The normalized spacial score (nSPS) is 13.8. The fourth-order valence-electron chi connectivity index (χ4n) is 1.13. The Kier molecular flexibility index (Phi) is 4.86. The highest BCUT2D eigenvalue weighted by molar-refractivity contribution is 6.32. The number of nitrogens with zero attached hydrogens (tertiary/aromatic N) is 2. The summed E-state index contributed by atoms with van der Waals surface area (Å²) in [6.45, 7) is 2.96. The van der Waals surface area contributed by atoms with Gasteiger partial charge < -0.3 is 10.4 Å². The molecule has 2 atom stereocenters. The molecule has 6 nitrogen and oxygen atoms in total. The first-order valence-electron chi connectivity index (χ1n) is 5.05. The summed E-state index contributed by atoms with van der Waals surface area (Å²) in [5, 5.41) is 11.2. The third kappa shape index (κ3) is 3.82. The van der Waals surface area contributed by atoms with Gasteiger partial charge in [-0.1, -0.05) is 25.4 Å². The van der Waals surface area contributed by atoms with Crippen LogP contribution in [0.15, 0.2) is 6.07 Å². The number of carboxylic acids is 1. The fourth-order valence-corrected chi connectivity index (χ4v) is 1.54. The lowest BCUT2D eigenvalue weighted by atomic mass is 9.95. The smallest absolute Gasteiger partial charge is 0.307 e. The average Bonchev–Trinajstić information content (AvgIpc) is 2.25. The van der Waals surface area contributed by atoms with Crippen LogP contribution in [-0.2, 0) is 9.59 Å². The monoisotopic (exact) mass is 291 g/mol. The molecule has 1 amide bonds. The van der Waals surface area contributed by atoms with E-state index in [1.807, 2.05) is 0 Å². The van der Waals surface area contributed by atoms with Gasteiger partial charge in [-0.05, 0) is 11.6 Å². The highest BCUT2D eigenvalue weighted by Gasteiger charge is 2.26. The fraction of sp³-hybridized carbons (Fsp3) is 0.400. The molecule has 2 unspecified atom stereocenters. The molecule has 0 fully saturated rings. The zero-order valence-electron chi connectivity index (χ0n) is 9.65. The number of carbonyl (C=O) groups is 2. The zero-order chi connectivity index (χ0) is 13.9. The SMILES string of the molecule is CC(C(=O)O)C(C)C(=O)Nc1cc(Cl)nc(Cl)n1. The van der Waals surface area contributed by atoms with E-state index in [1.54, 1.807) is 0 Å². The van der Waals surface area contributed by atoms with Crippen LogP contribution in [0.4, 0.5) is 5.82 Å². The molecule has 8 heteroatoms. The van der Waals surface area contributed by atoms with E-state index in [9.17, 15) is 9.59 Å². The van der Waals surface area contributed by atoms with E-state index in [2.05, 4.69) is 15.3 Å². The van der Waals surface area contributed by atoms with Crippen molar-refractivity contribution in [3.63, 3.8) is 0 Å². The number of hydrogen-bond acceptors (Lipinski definition) is 4. The van der Waals surface area contributed by atoms with E-state index in [-0.39, 0.29) is 16.3 Å². The summed E-state index contributed by atoms with van der Waals surface area (Å²) in [6.07, 6.45) is 0. The van der Waals surface area contributed by atoms with Crippen LogP contribution in [0, 0.1) is 11.8 Å². The van der Waals surface area contributed by atoms with Crippen molar-refractivity contribution >= 4 is 40.9 Å². The van der Waals surface area contributed by atoms with E-state index in [0.717, 1.165) is 0 Å². The van der Waals surface area contributed by atoms with Crippen molar-refractivity contribution in [3.8, 4) is 0 Å². The van der Waals surface area contributed by atoms with E-state index < -0.39 is 23.7 Å². The van der Waals surface area contributed by atoms with E-state index in [4.69, 9.17) is 28.3 Å². The highest BCUT2D eigenvalue weighted by Crippen LogP contribution is 2.17. The Morgan fingerprint density at radius 3 is 2.39 bits per heavy atom. The molecule has 0 aliphatic heterocycles. The number of anilines is 1. The first kappa shape index (κ1) is 14.7. The summed E-state index contributed by atoms with van der Waals surface area (Å²) in [5.74, 6) is -2.91. The predicted molar refractivity (Wildman–Crippen MR) is 66.6 cm³/mol. The molecule has 0 saturated carbocycles. The molecule has 0 aromatic carbocycles. The quantitative estimate of drug-likeness (QED) is 0.654. The maximum Gasteiger partial charge on any atom is 0.307 e. The van der Waals surface area contributed by atoms with Gasteiger partial charge in [0.15, 0.2) is 0 Å². The minimum Gasteiger partial charge on any atom is -0.481 e. The number of nitrogens with one attached hydrogen (secondary N) is 1. The molecule has 0 aliphatic rings. The third-order valence-electron chi connectivity index (χ3n) is 2.47. The molecule has 0 radical (unpaired) electrons. The third-order valence-corrected chi connectivity index (χ3v) is 2.83. The zero-order valence-corrected chi connectivity index (χ0v) is 11.2. The van der Waals surface area contributed by atoms with Gasteiger partial charge >= 0.3 is 5.97 Å². The lowest BCUT2D eigenvalue weighted by Gasteiger charge is -2.15. The molecule has 18 heavy (non-hydrogen) atoms. The second-order valence-corrected chi connectivity index (χ2v) is 4.48. The Labute approximate surface area is 113 Å². The number of carbonyl (C=O) groups excluding carboxylic acids is 1. The topological polar surface area (TPSA) is 92.2 Å². The van der Waals surface area contributed by atoms with Crippen molar-refractivity contribution in [2.24, 2.45) is 11.8 Å². The summed E-state index contributed by atoms with van der Waals surface area (Å²) in [5.41, 5.74) is 0. The second kappa shape index (κ2) is 5.97. The van der Waals surface area contributed by atoms with Crippen LogP contribution in [-0.4, -0.2) is 27.0 Å². The number of halogens is 2. The lowest BCUT2D eigenvalue weighted by Crippen LogP contribution is -2.30. The Bertz CT molecular complexity index is 461. The molecule has 0 saturated heterocycles. The molecule has 0 bridgehead atoms. The van der Waals surface area contributed by atoms with Gasteiger partial charge in [0, 0.05) is 12.0 Å². The standard InChI is InChI=1S/C10H11Cl2N3O3/c1-4(5(2)9(17)18)8(16)14-7-3-6(11)13-10(12)15-7/h3-5H,1-2H3,(H,17,18)(H,13,14,15,16). The summed E-state index contributed by atoms with van der Waals surface area (Å²) in [7, 11) is 0. The Hall–Kier alpha value is -1.40. The molecule has 1 aromatic heterocycles. The van der Waals surface area contributed by atoms with Gasteiger partial charge in [-0.2, -0.15) is 0 Å². The Balaban J connectivity index is 2.78. The number of hydrogen-bond donors (Lipinski definition) is 2. The van der Waals surface area contributed by atoms with E-state index >= 15 is 0 Å². The highest BCUT2D eigenvalue weighted by atomic mass is 35.5. The van der Waals surface area contributed by atoms with Crippen molar-refractivity contribution in [1.82, 2.24) is 9.97 Å². The van der Waals surface area contributed by atoms with Gasteiger partial charge in [0.1, 0.15) is 11.0 Å². The average molecular weight is 292 g/mol. The Morgan fingerprint density at radius 2 is 1.89 bits per heavy atom. The number of carboxylic acid groups (broad SMARTS) is 1. The molecule has 1 aromatic rings. The largest absolute Gasteiger partial charge is 0.481 e. The van der Waals surface area contributed by atoms with Crippen molar-refractivity contribution in [1.29, 1.82) is 0 Å². The summed E-state index contributed by atoms with van der Waals surface area (Å²) in [6, 6.07) is 1.32. The number of amides is 1. The van der Waals surface area contributed by atoms with E-state index in [0.29, 0.717) is 0 Å². The minimum absolute atomic E-state index is 0.0873. The molecule has 1 rings (SSSR count). The van der Waals surface area contributed by atoms with Crippen LogP contribution < -0.4 is 5.32 Å².